The van der Waals surface area contributed by atoms with E-state index in [0.717, 1.165) is 12.1 Å². The summed E-state index contributed by atoms with van der Waals surface area (Å²) < 4.78 is 40.3. The minimum atomic E-state index is -4.14. The summed E-state index contributed by atoms with van der Waals surface area (Å²) in [6.07, 6.45) is -0.528. The number of nitrogens with one attached hydrogen (secondary N) is 1. The Morgan fingerprint density at radius 2 is 1.83 bits per heavy atom. The molecule has 0 bridgehead atoms. The molecule has 0 aromatic heterocycles. The minimum absolute atomic E-state index is 0.0572. The molecule has 124 valence electrons. The number of carboxylic acid groups (broad SMARTS) is 1. The fourth-order valence-corrected chi connectivity index (χ4v) is 3.52. The first-order valence-corrected chi connectivity index (χ1v) is 8.30. The molecule has 0 saturated carbocycles. The number of carbonyl (C=O) groups is 1. The summed E-state index contributed by atoms with van der Waals surface area (Å²) >= 11 is 0. The Morgan fingerprint density at radius 3 is 2.42 bits per heavy atom. The zero-order valence-corrected chi connectivity index (χ0v) is 13.1. The average molecular weight is 348 g/mol. The second-order valence-electron chi connectivity index (χ2n) is 4.93. The molecular formula is C16H13FN2O4S. The van der Waals surface area contributed by atoms with Gasteiger partial charge in [0.2, 0.25) is 10.0 Å². The molecule has 24 heavy (non-hydrogen) atoms. The van der Waals surface area contributed by atoms with Crippen LogP contribution in [0.5, 0.6) is 0 Å². The van der Waals surface area contributed by atoms with Crippen LogP contribution < -0.4 is 4.72 Å². The Morgan fingerprint density at radius 1 is 1.21 bits per heavy atom. The summed E-state index contributed by atoms with van der Waals surface area (Å²) in [7, 11) is -4.14. The number of hydrogen-bond acceptors (Lipinski definition) is 4. The Hall–Kier alpha value is -2.76. The molecule has 0 amide bonds. The molecule has 2 aromatic carbocycles. The molecule has 0 radical (unpaired) electrons. The van der Waals surface area contributed by atoms with Crippen LogP contribution in [-0.2, 0) is 14.8 Å². The number of hydrogen-bond donors (Lipinski definition) is 2. The van der Waals surface area contributed by atoms with Crippen molar-refractivity contribution in [2.75, 3.05) is 0 Å². The SMILES string of the molecule is N#Cc1ccccc1S(=O)(=O)N[C@@H](CC(=O)O)c1ccc(F)cc1. The van der Waals surface area contributed by atoms with Gasteiger partial charge in [-0.1, -0.05) is 24.3 Å². The fraction of sp³-hybridized carbons (Fsp3) is 0.125. The number of halogens is 1. The lowest BCUT2D eigenvalue weighted by atomic mass is 10.1. The number of sulfonamides is 1. The third-order valence-electron chi connectivity index (χ3n) is 3.25. The zero-order valence-electron chi connectivity index (χ0n) is 12.3. The number of benzene rings is 2. The van der Waals surface area contributed by atoms with Crippen molar-refractivity contribution in [3.63, 3.8) is 0 Å². The summed E-state index contributed by atoms with van der Waals surface area (Å²) in [6, 6.07) is 11.1. The maximum atomic E-state index is 13.0. The van der Waals surface area contributed by atoms with E-state index in [1.807, 2.05) is 0 Å². The minimum Gasteiger partial charge on any atom is -0.481 e. The fourth-order valence-electron chi connectivity index (χ4n) is 2.14. The van der Waals surface area contributed by atoms with Crippen LogP contribution in [0.1, 0.15) is 23.6 Å². The molecule has 0 spiro atoms. The van der Waals surface area contributed by atoms with Crippen molar-refractivity contribution in [1.29, 1.82) is 5.26 Å². The van der Waals surface area contributed by atoms with Crippen LogP contribution in [0.2, 0.25) is 0 Å². The van der Waals surface area contributed by atoms with E-state index in [0.29, 0.717) is 5.56 Å². The number of carboxylic acids is 1. The molecule has 2 N–H and O–H groups in total. The second-order valence-corrected chi connectivity index (χ2v) is 6.61. The van der Waals surface area contributed by atoms with Gasteiger partial charge in [0.1, 0.15) is 11.9 Å². The lowest BCUT2D eigenvalue weighted by molar-refractivity contribution is -0.137. The van der Waals surface area contributed by atoms with E-state index >= 15 is 0 Å². The highest BCUT2D eigenvalue weighted by Crippen LogP contribution is 2.22. The lowest BCUT2D eigenvalue weighted by Crippen LogP contribution is -2.30. The molecule has 0 aliphatic carbocycles. The summed E-state index contributed by atoms with van der Waals surface area (Å²) in [6.45, 7) is 0. The maximum Gasteiger partial charge on any atom is 0.305 e. The van der Waals surface area contributed by atoms with Crippen molar-refractivity contribution in [1.82, 2.24) is 4.72 Å². The number of nitrogens with zero attached hydrogens (tertiary/aromatic N) is 1. The first-order chi connectivity index (χ1) is 11.3. The highest BCUT2D eigenvalue weighted by molar-refractivity contribution is 7.89. The van der Waals surface area contributed by atoms with E-state index < -0.39 is 34.3 Å². The predicted octanol–water partition coefficient (Wildman–Crippen LogP) is 2.19. The van der Waals surface area contributed by atoms with Gasteiger partial charge in [-0.05, 0) is 29.8 Å². The van der Waals surface area contributed by atoms with Crippen LogP contribution in [0.25, 0.3) is 0 Å². The smallest absolute Gasteiger partial charge is 0.305 e. The van der Waals surface area contributed by atoms with Crippen molar-refractivity contribution in [3.8, 4) is 6.07 Å². The van der Waals surface area contributed by atoms with Crippen molar-refractivity contribution in [2.24, 2.45) is 0 Å². The summed E-state index contributed by atoms with van der Waals surface area (Å²) in [4.78, 5) is 10.8. The van der Waals surface area contributed by atoms with Crippen LogP contribution in [0, 0.1) is 17.1 Å². The Kier molecular flexibility index (Phi) is 5.28. The van der Waals surface area contributed by atoms with E-state index in [1.54, 1.807) is 6.07 Å². The second kappa shape index (κ2) is 7.21. The standard InChI is InChI=1S/C16H13FN2O4S/c17-13-7-5-11(6-8-13)14(9-16(20)21)19-24(22,23)15-4-2-1-3-12(15)10-18/h1-8,14,19H,9H2,(H,20,21)/t14-/m0/s1. The first-order valence-electron chi connectivity index (χ1n) is 6.82. The van der Waals surface area contributed by atoms with Crippen LogP contribution in [0.3, 0.4) is 0 Å². The molecule has 0 aliphatic heterocycles. The third kappa shape index (κ3) is 4.16. The van der Waals surface area contributed by atoms with Gasteiger partial charge in [-0.3, -0.25) is 4.79 Å². The normalized spacial score (nSPS) is 12.3. The van der Waals surface area contributed by atoms with Gasteiger partial charge >= 0.3 is 5.97 Å². The van der Waals surface area contributed by atoms with Crippen molar-refractivity contribution in [3.05, 3.63) is 65.5 Å². The molecule has 2 rings (SSSR count). The highest BCUT2D eigenvalue weighted by Gasteiger charge is 2.25. The number of nitriles is 1. The molecule has 0 saturated heterocycles. The number of rotatable bonds is 6. The highest BCUT2D eigenvalue weighted by atomic mass is 32.2. The van der Waals surface area contributed by atoms with E-state index in [1.165, 1.54) is 36.4 Å². The van der Waals surface area contributed by atoms with Gasteiger partial charge < -0.3 is 5.11 Å². The van der Waals surface area contributed by atoms with Crippen LogP contribution in [0.15, 0.2) is 53.4 Å². The van der Waals surface area contributed by atoms with Crippen LogP contribution >= 0.6 is 0 Å². The van der Waals surface area contributed by atoms with Crippen LogP contribution in [0.4, 0.5) is 4.39 Å². The average Bonchev–Trinajstić information content (AvgIpc) is 2.54. The van der Waals surface area contributed by atoms with Gasteiger partial charge in [0, 0.05) is 0 Å². The van der Waals surface area contributed by atoms with Crippen molar-refractivity contribution in [2.45, 2.75) is 17.4 Å². The quantitative estimate of drug-likeness (QED) is 0.832. The zero-order chi connectivity index (χ0) is 17.7. The van der Waals surface area contributed by atoms with Gasteiger partial charge in [0.25, 0.3) is 0 Å². The van der Waals surface area contributed by atoms with Crippen molar-refractivity contribution >= 4 is 16.0 Å². The molecule has 6 nitrogen and oxygen atoms in total. The Balaban J connectivity index is 2.40. The van der Waals surface area contributed by atoms with Gasteiger partial charge in [-0.15, -0.1) is 0 Å². The topological polar surface area (TPSA) is 107 Å². The molecule has 8 heteroatoms. The molecule has 1 atom stereocenters. The van der Waals surface area contributed by atoms with Crippen LogP contribution in [-0.4, -0.2) is 19.5 Å². The molecule has 0 fully saturated rings. The van der Waals surface area contributed by atoms with E-state index in [4.69, 9.17) is 10.4 Å². The maximum absolute atomic E-state index is 13.0. The molecular weight excluding hydrogens is 335 g/mol. The molecule has 0 heterocycles. The van der Waals surface area contributed by atoms with Gasteiger partial charge in [0.05, 0.1) is 22.9 Å². The van der Waals surface area contributed by atoms with E-state index in [9.17, 15) is 17.6 Å². The summed E-state index contributed by atoms with van der Waals surface area (Å²) in [5.74, 6) is -1.74. The summed E-state index contributed by atoms with van der Waals surface area (Å²) in [5, 5.41) is 18.0. The van der Waals surface area contributed by atoms with E-state index in [-0.39, 0.29) is 10.5 Å². The Bertz CT molecular complexity index is 889. The predicted molar refractivity (Wildman–Crippen MR) is 82.9 cm³/mol. The number of aliphatic carboxylic acids is 1. The third-order valence-corrected chi connectivity index (χ3v) is 4.78. The largest absolute Gasteiger partial charge is 0.481 e. The van der Waals surface area contributed by atoms with Gasteiger partial charge in [0.15, 0.2) is 0 Å². The van der Waals surface area contributed by atoms with Gasteiger partial charge in [-0.25, -0.2) is 17.5 Å². The summed E-state index contributed by atoms with van der Waals surface area (Å²) in [5.41, 5.74) is 0.245. The Labute approximate surface area is 138 Å². The molecule has 0 unspecified atom stereocenters. The molecule has 0 aliphatic rings. The molecule has 2 aromatic rings. The monoisotopic (exact) mass is 348 g/mol. The van der Waals surface area contributed by atoms with Crippen molar-refractivity contribution < 1.29 is 22.7 Å². The first kappa shape index (κ1) is 17.6. The van der Waals surface area contributed by atoms with Gasteiger partial charge in [-0.2, -0.15) is 5.26 Å². The lowest BCUT2D eigenvalue weighted by Gasteiger charge is -2.18. The van der Waals surface area contributed by atoms with E-state index in [2.05, 4.69) is 4.72 Å².